The Morgan fingerprint density at radius 1 is 1.35 bits per heavy atom. The summed E-state index contributed by atoms with van der Waals surface area (Å²) < 4.78 is 0. The van der Waals surface area contributed by atoms with Crippen molar-refractivity contribution in [3.63, 3.8) is 0 Å². The second kappa shape index (κ2) is 6.56. The van der Waals surface area contributed by atoms with Crippen LogP contribution in [0.5, 0.6) is 0 Å². The van der Waals surface area contributed by atoms with E-state index in [0.717, 1.165) is 12.8 Å². The Morgan fingerprint density at radius 3 is 2.75 bits per heavy atom. The first-order valence-corrected chi connectivity index (χ1v) is 7.47. The molecule has 0 atom stereocenters. The fourth-order valence-corrected chi connectivity index (χ4v) is 2.54. The highest BCUT2D eigenvalue weighted by atomic mass is 32.1. The van der Waals surface area contributed by atoms with Crippen molar-refractivity contribution in [2.45, 2.75) is 38.1 Å². The molecule has 1 aliphatic rings. The minimum atomic E-state index is -0.321. The zero-order chi connectivity index (χ0) is 14.5. The quantitative estimate of drug-likeness (QED) is 0.525. The molecule has 1 fully saturated rings. The van der Waals surface area contributed by atoms with E-state index in [2.05, 4.69) is 15.6 Å². The molecule has 1 heterocycles. The zero-order valence-corrected chi connectivity index (χ0v) is 12.0. The number of carbonyl (C=O) groups is 2. The van der Waals surface area contributed by atoms with E-state index in [4.69, 9.17) is 11.5 Å². The molecule has 1 saturated carbocycles. The summed E-state index contributed by atoms with van der Waals surface area (Å²) in [6.45, 7) is 0.495. The highest BCUT2D eigenvalue weighted by molar-refractivity contribution is 7.18. The van der Waals surface area contributed by atoms with E-state index in [0.29, 0.717) is 41.9 Å². The van der Waals surface area contributed by atoms with Crippen LogP contribution in [0.25, 0.3) is 0 Å². The van der Waals surface area contributed by atoms with Gasteiger partial charge in [-0.15, -0.1) is 0 Å². The maximum Gasteiger partial charge on any atom is 0.265 e. The molecule has 8 heteroatoms. The van der Waals surface area contributed by atoms with E-state index in [1.807, 2.05) is 0 Å². The summed E-state index contributed by atoms with van der Waals surface area (Å²) in [5.41, 5.74) is 10.8. The van der Waals surface area contributed by atoms with E-state index in [-0.39, 0.29) is 17.6 Å². The number of hydrogen-bond acceptors (Lipinski definition) is 6. The van der Waals surface area contributed by atoms with Gasteiger partial charge in [0.2, 0.25) is 5.91 Å². The van der Waals surface area contributed by atoms with Gasteiger partial charge in [-0.05, 0) is 25.7 Å². The van der Waals surface area contributed by atoms with E-state index < -0.39 is 0 Å². The normalized spacial score (nSPS) is 14.0. The first-order valence-electron chi connectivity index (χ1n) is 6.65. The molecule has 0 saturated heterocycles. The third-order valence-corrected chi connectivity index (χ3v) is 3.90. The van der Waals surface area contributed by atoms with Crippen molar-refractivity contribution in [1.82, 2.24) is 10.3 Å². The van der Waals surface area contributed by atoms with Crippen molar-refractivity contribution < 1.29 is 9.59 Å². The van der Waals surface area contributed by atoms with Crippen LogP contribution < -0.4 is 22.1 Å². The smallest absolute Gasteiger partial charge is 0.265 e. The van der Waals surface area contributed by atoms with Crippen LogP contribution in [0.1, 0.15) is 41.8 Å². The number of nitrogens with zero attached hydrogens (tertiary/aromatic N) is 1. The molecule has 2 amide bonds. The van der Waals surface area contributed by atoms with Crippen LogP contribution >= 0.6 is 11.3 Å². The molecule has 0 spiro atoms. The van der Waals surface area contributed by atoms with Crippen molar-refractivity contribution in [3.8, 4) is 0 Å². The number of aromatic nitrogens is 1. The minimum Gasteiger partial charge on any atom is -0.382 e. The summed E-state index contributed by atoms with van der Waals surface area (Å²) in [5, 5.41) is 6.68. The Labute approximate surface area is 121 Å². The number of nitrogen functional groups attached to an aromatic ring is 1. The topological polar surface area (TPSA) is 123 Å². The maximum atomic E-state index is 11.9. The fourth-order valence-electron chi connectivity index (χ4n) is 1.67. The maximum absolute atomic E-state index is 11.9. The number of thiazole rings is 1. The van der Waals surface area contributed by atoms with Crippen molar-refractivity contribution >= 4 is 34.1 Å². The molecule has 0 unspecified atom stereocenters. The zero-order valence-electron chi connectivity index (χ0n) is 11.1. The van der Waals surface area contributed by atoms with E-state index >= 15 is 0 Å². The number of carbonyl (C=O) groups excluding carboxylic acids is 2. The summed E-state index contributed by atoms with van der Waals surface area (Å²) in [4.78, 5) is 27.1. The van der Waals surface area contributed by atoms with Crippen LogP contribution in [0, 0.1) is 0 Å². The van der Waals surface area contributed by atoms with Gasteiger partial charge in [0, 0.05) is 19.0 Å². The number of primary amides is 1. The average molecular weight is 297 g/mol. The standard InChI is InChI=1S/C12H19N5O2S/c13-8(18)3-1-2-6-15-11(19)9-10(14)17-12(20-9)16-7-4-5-7/h7H,1-6,14H2,(H2,13,18)(H,15,19)(H,16,17). The Morgan fingerprint density at radius 2 is 2.10 bits per heavy atom. The molecule has 110 valence electrons. The van der Waals surface area contributed by atoms with Crippen LogP contribution in [-0.4, -0.2) is 29.4 Å². The van der Waals surface area contributed by atoms with Gasteiger partial charge in [-0.25, -0.2) is 4.98 Å². The molecule has 2 rings (SSSR count). The SMILES string of the molecule is NC(=O)CCCCNC(=O)c1sc(NC2CC2)nc1N. The fraction of sp³-hybridized carbons (Fsp3) is 0.583. The van der Waals surface area contributed by atoms with Gasteiger partial charge in [0.25, 0.3) is 5.91 Å². The van der Waals surface area contributed by atoms with Crippen molar-refractivity contribution in [2.75, 3.05) is 17.6 Å². The molecule has 0 bridgehead atoms. The lowest BCUT2D eigenvalue weighted by molar-refractivity contribution is -0.118. The molecular formula is C12H19N5O2S. The molecule has 1 aliphatic carbocycles. The molecule has 1 aromatic rings. The number of anilines is 2. The molecule has 0 aromatic carbocycles. The second-order valence-electron chi connectivity index (χ2n) is 4.83. The monoisotopic (exact) mass is 297 g/mol. The lowest BCUT2D eigenvalue weighted by Gasteiger charge is -2.02. The highest BCUT2D eigenvalue weighted by Crippen LogP contribution is 2.30. The van der Waals surface area contributed by atoms with Crippen LogP contribution in [0.3, 0.4) is 0 Å². The lowest BCUT2D eigenvalue weighted by atomic mass is 10.2. The molecule has 20 heavy (non-hydrogen) atoms. The average Bonchev–Trinajstić information content (AvgIpc) is 3.10. The number of hydrogen-bond donors (Lipinski definition) is 4. The first-order chi connectivity index (χ1) is 9.56. The summed E-state index contributed by atoms with van der Waals surface area (Å²) in [7, 11) is 0. The van der Waals surface area contributed by atoms with E-state index in [9.17, 15) is 9.59 Å². The number of amides is 2. The third-order valence-electron chi connectivity index (χ3n) is 2.90. The van der Waals surface area contributed by atoms with Crippen LogP contribution in [0.2, 0.25) is 0 Å². The Bertz CT molecular complexity index is 498. The van der Waals surface area contributed by atoms with Gasteiger partial charge < -0.3 is 22.1 Å². The summed E-state index contributed by atoms with van der Waals surface area (Å²) in [6, 6.07) is 0.477. The predicted molar refractivity (Wildman–Crippen MR) is 78.5 cm³/mol. The third kappa shape index (κ3) is 4.37. The van der Waals surface area contributed by atoms with Gasteiger partial charge in [0.15, 0.2) is 5.13 Å². The van der Waals surface area contributed by atoms with Gasteiger partial charge in [-0.2, -0.15) is 0 Å². The van der Waals surface area contributed by atoms with Crippen molar-refractivity contribution in [2.24, 2.45) is 5.73 Å². The minimum absolute atomic E-state index is 0.220. The first kappa shape index (κ1) is 14.6. The number of nitrogens with two attached hydrogens (primary N) is 2. The van der Waals surface area contributed by atoms with Gasteiger partial charge in [0.1, 0.15) is 10.7 Å². The van der Waals surface area contributed by atoms with Gasteiger partial charge in [-0.3, -0.25) is 9.59 Å². The van der Waals surface area contributed by atoms with Crippen molar-refractivity contribution in [1.29, 1.82) is 0 Å². The van der Waals surface area contributed by atoms with Crippen LogP contribution in [0.15, 0.2) is 0 Å². The summed E-state index contributed by atoms with van der Waals surface area (Å²) in [6.07, 6.45) is 4.00. The Kier molecular flexibility index (Phi) is 4.78. The number of nitrogens with one attached hydrogen (secondary N) is 2. The van der Waals surface area contributed by atoms with Gasteiger partial charge in [-0.1, -0.05) is 11.3 Å². The summed E-state index contributed by atoms with van der Waals surface area (Å²) >= 11 is 1.27. The Balaban J connectivity index is 1.76. The van der Waals surface area contributed by atoms with Crippen molar-refractivity contribution in [3.05, 3.63) is 4.88 Å². The molecule has 6 N–H and O–H groups in total. The molecule has 0 aliphatic heterocycles. The predicted octanol–water partition coefficient (Wildman–Crippen LogP) is 0.685. The molecular weight excluding hydrogens is 278 g/mol. The Hall–Kier alpha value is -1.83. The van der Waals surface area contributed by atoms with Crippen LogP contribution in [0.4, 0.5) is 10.9 Å². The molecule has 7 nitrogen and oxygen atoms in total. The largest absolute Gasteiger partial charge is 0.382 e. The number of rotatable bonds is 8. The summed E-state index contributed by atoms with van der Waals surface area (Å²) in [5.74, 6) is -0.283. The van der Waals surface area contributed by atoms with E-state index in [1.165, 1.54) is 11.3 Å². The molecule has 0 radical (unpaired) electrons. The van der Waals surface area contributed by atoms with Gasteiger partial charge in [0.05, 0.1) is 0 Å². The molecule has 1 aromatic heterocycles. The number of unbranched alkanes of at least 4 members (excludes halogenated alkanes) is 1. The second-order valence-corrected chi connectivity index (χ2v) is 5.83. The van der Waals surface area contributed by atoms with E-state index in [1.54, 1.807) is 0 Å². The lowest BCUT2D eigenvalue weighted by Crippen LogP contribution is -2.24. The van der Waals surface area contributed by atoms with Crippen LogP contribution in [-0.2, 0) is 4.79 Å². The van der Waals surface area contributed by atoms with Gasteiger partial charge >= 0.3 is 0 Å². The highest BCUT2D eigenvalue weighted by Gasteiger charge is 2.24.